The Balaban J connectivity index is 1.28. The number of nitrogens with zero attached hydrogens (tertiary/aromatic N) is 5. The summed E-state index contributed by atoms with van der Waals surface area (Å²) in [5.74, 6) is -0.635. The van der Waals surface area contributed by atoms with Crippen molar-refractivity contribution in [1.82, 2.24) is 35.5 Å². The van der Waals surface area contributed by atoms with Gasteiger partial charge in [0, 0.05) is 63.4 Å². The number of rotatable bonds is 9. The number of halogens is 2. The van der Waals surface area contributed by atoms with E-state index in [0.717, 1.165) is 38.8 Å². The molecular formula is C23H25F2N7O2. The zero-order valence-electron chi connectivity index (χ0n) is 18.5. The monoisotopic (exact) mass is 469 g/mol. The lowest BCUT2D eigenvalue weighted by Gasteiger charge is -2.26. The van der Waals surface area contributed by atoms with E-state index in [4.69, 9.17) is 4.74 Å². The van der Waals surface area contributed by atoms with Gasteiger partial charge in [0.25, 0.3) is 0 Å². The number of hydrogen-bond donors (Lipinski definition) is 2. The largest absolute Gasteiger partial charge is 0.492 e. The van der Waals surface area contributed by atoms with E-state index in [9.17, 15) is 13.6 Å². The van der Waals surface area contributed by atoms with Crippen LogP contribution >= 0.6 is 0 Å². The third-order valence-corrected chi connectivity index (χ3v) is 5.25. The lowest BCUT2D eigenvalue weighted by molar-refractivity contribution is -0.120. The lowest BCUT2D eigenvalue weighted by atomic mass is 10.1. The number of benzene rings is 1. The molecule has 0 radical (unpaired) electrons. The van der Waals surface area contributed by atoms with Gasteiger partial charge >= 0.3 is 0 Å². The Labute approximate surface area is 195 Å². The van der Waals surface area contributed by atoms with Gasteiger partial charge < -0.3 is 15.4 Å². The maximum atomic E-state index is 14.6. The van der Waals surface area contributed by atoms with E-state index in [0.29, 0.717) is 17.9 Å². The van der Waals surface area contributed by atoms with Gasteiger partial charge in [-0.05, 0) is 17.7 Å². The van der Waals surface area contributed by atoms with E-state index < -0.39 is 11.8 Å². The third-order valence-electron chi connectivity index (χ3n) is 5.25. The molecule has 0 spiro atoms. The van der Waals surface area contributed by atoms with Crippen molar-refractivity contribution in [1.29, 1.82) is 0 Å². The van der Waals surface area contributed by atoms with Gasteiger partial charge in [0.05, 0.1) is 18.5 Å². The summed E-state index contributed by atoms with van der Waals surface area (Å²) in [5.41, 5.74) is 0.795. The molecule has 3 heterocycles. The topological polar surface area (TPSA) is 105 Å². The molecule has 9 nitrogen and oxygen atoms in total. The molecule has 1 aromatic carbocycles. The Kier molecular flexibility index (Phi) is 7.99. The van der Waals surface area contributed by atoms with Crippen LogP contribution in [0.3, 0.4) is 0 Å². The molecule has 0 bridgehead atoms. The van der Waals surface area contributed by atoms with Crippen LogP contribution in [0.5, 0.6) is 5.75 Å². The summed E-state index contributed by atoms with van der Waals surface area (Å²) < 4.78 is 33.4. The van der Waals surface area contributed by atoms with Crippen LogP contribution in [0.25, 0.3) is 11.4 Å². The van der Waals surface area contributed by atoms with Crippen molar-refractivity contribution in [2.75, 3.05) is 39.3 Å². The fourth-order valence-electron chi connectivity index (χ4n) is 3.46. The third kappa shape index (κ3) is 6.72. The van der Waals surface area contributed by atoms with Gasteiger partial charge in [-0.1, -0.05) is 0 Å². The van der Waals surface area contributed by atoms with Crippen molar-refractivity contribution in [3.63, 3.8) is 0 Å². The first-order chi connectivity index (χ1) is 16.6. The number of carbonyl (C=O) groups is 1. The van der Waals surface area contributed by atoms with Gasteiger partial charge in [-0.25, -0.2) is 24.3 Å². The number of amides is 1. The van der Waals surface area contributed by atoms with E-state index >= 15 is 0 Å². The highest BCUT2D eigenvalue weighted by molar-refractivity contribution is 5.78. The first-order valence-corrected chi connectivity index (χ1v) is 11.0. The second-order valence-electron chi connectivity index (χ2n) is 7.75. The van der Waals surface area contributed by atoms with Gasteiger partial charge in [0.1, 0.15) is 18.2 Å². The SMILES string of the molecule is O=C(Cc1cnc(-c2ccc(OCCN3CCNCC3)cc2F)nc1)NCc1nccc(F)n1. The minimum Gasteiger partial charge on any atom is -0.492 e. The number of aromatic nitrogens is 4. The fourth-order valence-corrected chi connectivity index (χ4v) is 3.46. The van der Waals surface area contributed by atoms with Crippen molar-refractivity contribution in [2.45, 2.75) is 13.0 Å². The van der Waals surface area contributed by atoms with E-state index in [-0.39, 0.29) is 36.1 Å². The summed E-state index contributed by atoms with van der Waals surface area (Å²) in [6.07, 6.45) is 4.23. The van der Waals surface area contributed by atoms with Crippen LogP contribution in [-0.4, -0.2) is 70.1 Å². The van der Waals surface area contributed by atoms with Crippen LogP contribution in [0, 0.1) is 11.8 Å². The smallest absolute Gasteiger partial charge is 0.224 e. The van der Waals surface area contributed by atoms with Crippen molar-refractivity contribution >= 4 is 5.91 Å². The molecule has 1 amide bonds. The second-order valence-corrected chi connectivity index (χ2v) is 7.75. The zero-order chi connectivity index (χ0) is 23.8. The maximum Gasteiger partial charge on any atom is 0.224 e. The van der Waals surface area contributed by atoms with Crippen LogP contribution in [0.1, 0.15) is 11.4 Å². The quantitative estimate of drug-likeness (QED) is 0.453. The van der Waals surface area contributed by atoms with Gasteiger partial charge in [-0.3, -0.25) is 9.69 Å². The first-order valence-electron chi connectivity index (χ1n) is 11.0. The van der Waals surface area contributed by atoms with Crippen LogP contribution < -0.4 is 15.4 Å². The van der Waals surface area contributed by atoms with Crippen molar-refractivity contribution in [3.8, 4) is 17.1 Å². The van der Waals surface area contributed by atoms with Crippen LogP contribution in [0.2, 0.25) is 0 Å². The molecular weight excluding hydrogens is 444 g/mol. The summed E-state index contributed by atoms with van der Waals surface area (Å²) in [4.78, 5) is 30.2. The first kappa shape index (κ1) is 23.6. The van der Waals surface area contributed by atoms with Crippen LogP contribution in [0.4, 0.5) is 8.78 Å². The molecule has 0 atom stereocenters. The zero-order valence-corrected chi connectivity index (χ0v) is 18.5. The predicted molar refractivity (Wildman–Crippen MR) is 120 cm³/mol. The Morgan fingerprint density at radius 1 is 1.12 bits per heavy atom. The van der Waals surface area contributed by atoms with Gasteiger partial charge in [0.15, 0.2) is 11.6 Å². The van der Waals surface area contributed by atoms with Crippen LogP contribution in [0.15, 0.2) is 42.9 Å². The predicted octanol–water partition coefficient (Wildman–Crippen LogP) is 1.35. The number of hydrogen-bond acceptors (Lipinski definition) is 8. The molecule has 0 unspecified atom stereocenters. The highest BCUT2D eigenvalue weighted by Crippen LogP contribution is 2.23. The number of carbonyl (C=O) groups excluding carboxylic acids is 1. The van der Waals surface area contributed by atoms with Crippen LogP contribution in [-0.2, 0) is 17.8 Å². The maximum absolute atomic E-state index is 14.6. The van der Waals surface area contributed by atoms with Gasteiger partial charge in [0.2, 0.25) is 11.9 Å². The summed E-state index contributed by atoms with van der Waals surface area (Å²) in [6.45, 7) is 5.17. The fraction of sp³-hybridized carbons (Fsp3) is 0.348. The highest BCUT2D eigenvalue weighted by Gasteiger charge is 2.13. The minimum atomic E-state index is -0.662. The molecule has 4 rings (SSSR count). The number of piperazine rings is 1. The Morgan fingerprint density at radius 2 is 1.91 bits per heavy atom. The van der Waals surface area contributed by atoms with Gasteiger partial charge in [-0.15, -0.1) is 0 Å². The molecule has 178 valence electrons. The second kappa shape index (κ2) is 11.5. The molecule has 34 heavy (non-hydrogen) atoms. The summed E-state index contributed by atoms with van der Waals surface area (Å²) >= 11 is 0. The van der Waals surface area contributed by atoms with E-state index in [1.165, 1.54) is 24.7 Å². The molecule has 1 fully saturated rings. The average molecular weight is 469 g/mol. The molecule has 1 aliphatic heterocycles. The number of nitrogens with one attached hydrogen (secondary N) is 2. The molecule has 1 saturated heterocycles. The molecule has 1 aliphatic rings. The number of ether oxygens (including phenoxy) is 1. The summed E-state index contributed by atoms with van der Waals surface area (Å²) in [7, 11) is 0. The lowest BCUT2D eigenvalue weighted by Crippen LogP contribution is -2.44. The van der Waals surface area contributed by atoms with Crippen molar-refractivity contribution in [2.24, 2.45) is 0 Å². The van der Waals surface area contributed by atoms with E-state index in [1.54, 1.807) is 12.1 Å². The van der Waals surface area contributed by atoms with Gasteiger partial charge in [-0.2, -0.15) is 4.39 Å². The summed E-state index contributed by atoms with van der Waals surface area (Å²) in [6, 6.07) is 5.72. The van der Waals surface area contributed by atoms with E-state index in [1.807, 2.05) is 0 Å². The minimum absolute atomic E-state index is 0.00437. The molecule has 11 heteroatoms. The molecule has 2 aromatic heterocycles. The van der Waals surface area contributed by atoms with Crippen molar-refractivity contribution in [3.05, 3.63) is 66.0 Å². The highest BCUT2D eigenvalue weighted by atomic mass is 19.1. The molecule has 0 aliphatic carbocycles. The summed E-state index contributed by atoms with van der Waals surface area (Å²) in [5, 5.41) is 5.91. The normalized spacial score (nSPS) is 14.1. The molecule has 0 saturated carbocycles. The Hall–Kier alpha value is -3.57. The van der Waals surface area contributed by atoms with Crippen molar-refractivity contribution < 1.29 is 18.3 Å². The standard InChI is InChI=1S/C23H25F2N7O2/c24-19-12-17(34-10-9-32-7-5-26-6-8-32)1-2-18(19)23-29-13-16(14-30-23)11-22(33)28-15-21-27-4-3-20(25)31-21/h1-4,12-14,26H,5-11,15H2,(H,28,33). The average Bonchev–Trinajstić information content (AvgIpc) is 2.84. The molecule has 2 N–H and O–H groups in total. The Bertz CT molecular complexity index is 1110. The molecule has 3 aromatic rings. The van der Waals surface area contributed by atoms with E-state index in [2.05, 4.69) is 35.5 Å². The Morgan fingerprint density at radius 3 is 2.65 bits per heavy atom.